The minimum atomic E-state index is -3.46. The molecule has 1 atom stereocenters. The zero-order valence-corrected chi connectivity index (χ0v) is 11.1. The van der Waals surface area contributed by atoms with E-state index in [1.54, 1.807) is 6.92 Å². The first kappa shape index (κ1) is 16.3. The molecule has 0 spiro atoms. The first-order chi connectivity index (χ1) is 7.91. The van der Waals surface area contributed by atoms with Gasteiger partial charge < -0.3 is 9.84 Å². The zero-order valence-electron chi connectivity index (χ0n) is 10.3. The number of carboxylic acid groups (broad SMARTS) is 1. The van der Waals surface area contributed by atoms with Crippen LogP contribution in [0.15, 0.2) is 0 Å². The van der Waals surface area contributed by atoms with E-state index in [2.05, 4.69) is 4.72 Å². The Bertz CT molecular complexity index is 315. The number of ether oxygens (including phenoxy) is 1. The molecule has 0 saturated carbocycles. The molecule has 0 saturated heterocycles. The Morgan fingerprint density at radius 2 is 2.06 bits per heavy atom. The van der Waals surface area contributed by atoms with Crippen molar-refractivity contribution in [3.63, 3.8) is 0 Å². The fraction of sp³-hybridized carbons (Fsp3) is 0.900. The molecule has 17 heavy (non-hydrogen) atoms. The van der Waals surface area contributed by atoms with Gasteiger partial charge in [0.05, 0.1) is 18.8 Å². The highest BCUT2D eigenvalue weighted by Gasteiger charge is 2.19. The smallest absolute Gasteiger partial charge is 0.304 e. The van der Waals surface area contributed by atoms with Crippen LogP contribution in [0.1, 0.15) is 33.1 Å². The molecule has 102 valence electrons. The highest BCUT2D eigenvalue weighted by molar-refractivity contribution is 7.89. The SMILES string of the molecule is CCCC(CC(=O)O)NS(=O)(=O)CCOCC. The standard InChI is InChI=1S/C10H21NO5S/c1-3-5-9(8-10(12)13)11-17(14,15)7-6-16-4-2/h9,11H,3-8H2,1-2H3,(H,12,13). The lowest BCUT2D eigenvalue weighted by Gasteiger charge is -2.16. The largest absolute Gasteiger partial charge is 0.481 e. The van der Waals surface area contributed by atoms with E-state index >= 15 is 0 Å². The topological polar surface area (TPSA) is 92.7 Å². The molecule has 7 heteroatoms. The van der Waals surface area contributed by atoms with Crippen LogP contribution in [0.5, 0.6) is 0 Å². The van der Waals surface area contributed by atoms with Gasteiger partial charge in [0.25, 0.3) is 0 Å². The van der Waals surface area contributed by atoms with Gasteiger partial charge in [0.1, 0.15) is 0 Å². The summed E-state index contributed by atoms with van der Waals surface area (Å²) in [6.07, 6.45) is 1.05. The minimum Gasteiger partial charge on any atom is -0.481 e. The van der Waals surface area contributed by atoms with Crippen molar-refractivity contribution in [2.75, 3.05) is 19.0 Å². The summed E-state index contributed by atoms with van der Waals surface area (Å²) >= 11 is 0. The Balaban J connectivity index is 4.25. The summed E-state index contributed by atoms with van der Waals surface area (Å²) in [6, 6.07) is -0.538. The second-order valence-electron chi connectivity index (χ2n) is 3.72. The second-order valence-corrected chi connectivity index (χ2v) is 5.59. The monoisotopic (exact) mass is 267 g/mol. The summed E-state index contributed by atoms with van der Waals surface area (Å²) in [4.78, 5) is 10.6. The van der Waals surface area contributed by atoms with Crippen LogP contribution in [0.4, 0.5) is 0 Å². The number of carbonyl (C=O) groups is 1. The minimum absolute atomic E-state index is 0.123. The lowest BCUT2D eigenvalue weighted by atomic mass is 10.1. The summed E-state index contributed by atoms with van der Waals surface area (Å²) in [6.45, 7) is 4.24. The van der Waals surface area contributed by atoms with Gasteiger partial charge in [0.2, 0.25) is 10.0 Å². The number of hydrogen-bond donors (Lipinski definition) is 2. The van der Waals surface area contributed by atoms with E-state index in [9.17, 15) is 13.2 Å². The summed E-state index contributed by atoms with van der Waals surface area (Å²) in [5.41, 5.74) is 0. The van der Waals surface area contributed by atoms with E-state index < -0.39 is 22.0 Å². The average molecular weight is 267 g/mol. The van der Waals surface area contributed by atoms with Gasteiger partial charge >= 0.3 is 5.97 Å². The van der Waals surface area contributed by atoms with Gasteiger partial charge in [-0.1, -0.05) is 13.3 Å². The van der Waals surface area contributed by atoms with Gasteiger partial charge in [0.15, 0.2) is 0 Å². The molecule has 0 aliphatic heterocycles. The number of carboxylic acids is 1. The molecule has 2 N–H and O–H groups in total. The Kier molecular flexibility index (Phi) is 8.11. The average Bonchev–Trinajstić information content (AvgIpc) is 2.16. The third-order valence-electron chi connectivity index (χ3n) is 2.10. The molecule has 0 aromatic carbocycles. The molecule has 0 aliphatic carbocycles. The van der Waals surface area contributed by atoms with Crippen LogP contribution in [-0.2, 0) is 19.6 Å². The molecule has 0 aromatic heterocycles. The zero-order chi connectivity index (χ0) is 13.3. The number of rotatable bonds is 10. The van der Waals surface area contributed by atoms with E-state index in [4.69, 9.17) is 9.84 Å². The van der Waals surface area contributed by atoms with Crippen LogP contribution >= 0.6 is 0 Å². The van der Waals surface area contributed by atoms with Crippen LogP contribution in [0.25, 0.3) is 0 Å². The van der Waals surface area contributed by atoms with Crippen LogP contribution in [0.3, 0.4) is 0 Å². The first-order valence-corrected chi connectivity index (χ1v) is 7.36. The van der Waals surface area contributed by atoms with Gasteiger partial charge in [-0.25, -0.2) is 13.1 Å². The van der Waals surface area contributed by atoms with Crippen molar-refractivity contribution < 1.29 is 23.1 Å². The second kappa shape index (κ2) is 8.43. The predicted molar refractivity (Wildman–Crippen MR) is 64.4 cm³/mol. The van der Waals surface area contributed by atoms with Crippen molar-refractivity contribution >= 4 is 16.0 Å². The molecular formula is C10H21NO5S. The molecule has 6 nitrogen and oxygen atoms in total. The van der Waals surface area contributed by atoms with Gasteiger partial charge in [-0.2, -0.15) is 0 Å². The molecular weight excluding hydrogens is 246 g/mol. The molecule has 0 aliphatic rings. The van der Waals surface area contributed by atoms with Crippen LogP contribution < -0.4 is 4.72 Å². The molecule has 0 aromatic rings. The molecule has 0 heterocycles. The fourth-order valence-corrected chi connectivity index (χ4v) is 2.55. The van der Waals surface area contributed by atoms with E-state index in [1.165, 1.54) is 0 Å². The summed E-state index contributed by atoms with van der Waals surface area (Å²) < 4.78 is 30.5. The number of nitrogens with one attached hydrogen (secondary N) is 1. The van der Waals surface area contributed by atoms with Crippen molar-refractivity contribution in [1.29, 1.82) is 0 Å². The summed E-state index contributed by atoms with van der Waals surface area (Å²) in [5, 5.41) is 8.66. The summed E-state index contributed by atoms with van der Waals surface area (Å²) in [5.74, 6) is -1.14. The van der Waals surface area contributed by atoms with Crippen LogP contribution in [-0.4, -0.2) is 44.5 Å². The normalized spacial score (nSPS) is 13.5. The Hall–Kier alpha value is -0.660. The highest BCUT2D eigenvalue weighted by Crippen LogP contribution is 2.04. The third-order valence-corrected chi connectivity index (χ3v) is 3.50. The Labute approximate surface area is 102 Å². The van der Waals surface area contributed by atoms with Gasteiger partial charge in [0, 0.05) is 12.6 Å². The van der Waals surface area contributed by atoms with Gasteiger partial charge in [-0.05, 0) is 13.3 Å². The van der Waals surface area contributed by atoms with E-state index in [0.29, 0.717) is 13.0 Å². The van der Waals surface area contributed by atoms with Crippen molar-refractivity contribution in [2.24, 2.45) is 0 Å². The quantitative estimate of drug-likeness (QED) is 0.565. The molecule has 0 rings (SSSR count). The Morgan fingerprint density at radius 3 is 2.53 bits per heavy atom. The van der Waals surface area contributed by atoms with E-state index in [-0.39, 0.29) is 18.8 Å². The van der Waals surface area contributed by atoms with E-state index in [0.717, 1.165) is 6.42 Å². The third kappa shape index (κ3) is 9.08. The highest BCUT2D eigenvalue weighted by atomic mass is 32.2. The molecule has 1 unspecified atom stereocenters. The van der Waals surface area contributed by atoms with Crippen LogP contribution in [0, 0.1) is 0 Å². The van der Waals surface area contributed by atoms with Crippen molar-refractivity contribution in [2.45, 2.75) is 39.2 Å². The maximum atomic E-state index is 11.6. The van der Waals surface area contributed by atoms with Gasteiger partial charge in [-0.3, -0.25) is 4.79 Å². The lowest BCUT2D eigenvalue weighted by molar-refractivity contribution is -0.137. The first-order valence-electron chi connectivity index (χ1n) is 5.70. The van der Waals surface area contributed by atoms with Crippen molar-refractivity contribution in [3.05, 3.63) is 0 Å². The molecule has 0 fully saturated rings. The number of aliphatic carboxylic acids is 1. The lowest BCUT2D eigenvalue weighted by Crippen LogP contribution is -2.38. The predicted octanol–water partition coefficient (Wildman–Crippen LogP) is 0.586. The molecule has 0 amide bonds. The van der Waals surface area contributed by atoms with E-state index in [1.807, 2.05) is 6.92 Å². The van der Waals surface area contributed by atoms with Crippen molar-refractivity contribution in [3.8, 4) is 0 Å². The van der Waals surface area contributed by atoms with Crippen molar-refractivity contribution in [1.82, 2.24) is 4.72 Å². The molecule has 0 bridgehead atoms. The Morgan fingerprint density at radius 1 is 1.41 bits per heavy atom. The van der Waals surface area contributed by atoms with Gasteiger partial charge in [-0.15, -0.1) is 0 Å². The fourth-order valence-electron chi connectivity index (χ4n) is 1.39. The molecule has 0 radical (unpaired) electrons. The number of sulfonamides is 1. The maximum absolute atomic E-state index is 11.6. The summed E-state index contributed by atoms with van der Waals surface area (Å²) in [7, 11) is -3.46. The number of hydrogen-bond acceptors (Lipinski definition) is 4. The maximum Gasteiger partial charge on any atom is 0.304 e. The van der Waals surface area contributed by atoms with Crippen LogP contribution in [0.2, 0.25) is 0 Å².